The highest BCUT2D eigenvalue weighted by atomic mass is 79.9. The number of nitrogens with one attached hydrogen (secondary N) is 1. The van der Waals surface area contributed by atoms with E-state index in [2.05, 4.69) is 20.7 Å². The number of rotatable bonds is 3. The first-order chi connectivity index (χ1) is 9.69. The van der Waals surface area contributed by atoms with Gasteiger partial charge in [-0.05, 0) is 46.3 Å². The largest absolute Gasteiger partial charge is 0.277 e. The molecule has 0 amide bonds. The summed E-state index contributed by atoms with van der Waals surface area (Å²) >= 11 is 20.5. The molecule has 3 nitrogen and oxygen atoms in total. The molecule has 0 heterocycles. The van der Waals surface area contributed by atoms with E-state index in [0.717, 1.165) is 12.1 Å². The van der Waals surface area contributed by atoms with E-state index in [1.54, 1.807) is 0 Å². The van der Waals surface area contributed by atoms with Crippen LogP contribution in [0.1, 0.15) is 0 Å². The maximum atomic E-state index is 13.1. The van der Waals surface area contributed by atoms with Crippen molar-refractivity contribution in [1.29, 1.82) is 0 Å². The molecule has 21 heavy (non-hydrogen) atoms. The molecule has 9 heteroatoms. The lowest BCUT2D eigenvalue weighted by molar-refractivity contribution is 0.601. The van der Waals surface area contributed by atoms with Crippen molar-refractivity contribution in [3.05, 3.63) is 55.7 Å². The number of hydrogen-bond acceptors (Lipinski definition) is 2. The molecule has 112 valence electrons. The number of hydrogen-bond donors (Lipinski definition) is 1. The van der Waals surface area contributed by atoms with Gasteiger partial charge in [0.15, 0.2) is 0 Å². The smallest absolute Gasteiger partial charge is 0.262 e. The minimum atomic E-state index is -3.97. The molecular formula is C12H6BrCl3FNO2S. The number of sulfonamides is 1. The highest BCUT2D eigenvalue weighted by molar-refractivity contribution is 9.10. The van der Waals surface area contributed by atoms with Crippen LogP contribution < -0.4 is 4.72 Å². The van der Waals surface area contributed by atoms with Crippen LogP contribution >= 0.6 is 50.7 Å². The van der Waals surface area contributed by atoms with Crippen molar-refractivity contribution < 1.29 is 12.8 Å². The van der Waals surface area contributed by atoms with Crippen molar-refractivity contribution in [1.82, 2.24) is 0 Å². The third-order valence-electron chi connectivity index (χ3n) is 2.39. The van der Waals surface area contributed by atoms with Gasteiger partial charge in [0.1, 0.15) is 5.82 Å². The first kappa shape index (κ1) is 16.8. The average molecular weight is 434 g/mol. The Morgan fingerprint density at radius 3 is 2.10 bits per heavy atom. The average Bonchev–Trinajstić information content (AvgIpc) is 2.32. The lowest BCUT2D eigenvalue weighted by atomic mass is 10.3. The Hall–Kier alpha value is -0.530. The van der Waals surface area contributed by atoms with Crippen LogP contribution in [0.2, 0.25) is 15.1 Å². The quantitative estimate of drug-likeness (QED) is 0.709. The van der Waals surface area contributed by atoms with Crippen LogP contribution in [0.25, 0.3) is 0 Å². The number of anilines is 1. The fraction of sp³-hybridized carbons (Fsp3) is 0. The van der Waals surface area contributed by atoms with Gasteiger partial charge in [-0.3, -0.25) is 4.72 Å². The van der Waals surface area contributed by atoms with Gasteiger partial charge in [-0.15, -0.1) is 0 Å². The second-order valence-electron chi connectivity index (χ2n) is 3.96. The molecule has 0 saturated carbocycles. The maximum absolute atomic E-state index is 13.1. The van der Waals surface area contributed by atoms with Crippen molar-refractivity contribution >= 4 is 66.4 Å². The molecule has 0 saturated heterocycles. The summed E-state index contributed by atoms with van der Waals surface area (Å²) in [5.41, 5.74) is 0.0224. The first-order valence-corrected chi connectivity index (χ1v) is 8.73. The lowest BCUT2D eigenvalue weighted by Crippen LogP contribution is -2.14. The molecule has 0 bridgehead atoms. The van der Waals surface area contributed by atoms with Crippen molar-refractivity contribution in [3.8, 4) is 0 Å². The van der Waals surface area contributed by atoms with E-state index in [9.17, 15) is 12.8 Å². The predicted molar refractivity (Wildman–Crippen MR) is 86.4 cm³/mol. The van der Waals surface area contributed by atoms with Crippen LogP contribution in [-0.2, 0) is 10.0 Å². The highest BCUT2D eigenvalue weighted by Gasteiger charge is 2.19. The maximum Gasteiger partial charge on any atom is 0.262 e. The Bertz CT molecular complexity index is 771. The summed E-state index contributed by atoms with van der Waals surface area (Å²) in [5, 5.41) is 0.262. The van der Waals surface area contributed by atoms with Crippen molar-refractivity contribution in [2.45, 2.75) is 4.90 Å². The monoisotopic (exact) mass is 431 g/mol. The summed E-state index contributed by atoms with van der Waals surface area (Å²) in [6.07, 6.45) is 0. The van der Waals surface area contributed by atoms with Crippen LogP contribution in [0, 0.1) is 5.82 Å². The van der Waals surface area contributed by atoms with Gasteiger partial charge in [0.2, 0.25) is 0 Å². The standard InChI is InChI=1S/C12H6BrCl3FNO2S/c13-10-4-8(17)5-11(16)12(10)18-21(19,20)9-2-6(14)1-7(15)3-9/h1-5,18H. The van der Waals surface area contributed by atoms with Crippen LogP contribution in [0.5, 0.6) is 0 Å². The van der Waals surface area contributed by atoms with Crippen molar-refractivity contribution in [2.75, 3.05) is 4.72 Å². The lowest BCUT2D eigenvalue weighted by Gasteiger charge is -2.12. The normalized spacial score (nSPS) is 11.5. The SMILES string of the molecule is O=S(=O)(Nc1c(Cl)cc(F)cc1Br)c1cc(Cl)cc(Cl)c1. The molecule has 1 N–H and O–H groups in total. The molecule has 2 aromatic rings. The van der Waals surface area contributed by atoms with Gasteiger partial charge in [0.25, 0.3) is 10.0 Å². The molecule has 0 aliphatic rings. The molecule has 0 atom stereocenters. The summed E-state index contributed by atoms with van der Waals surface area (Å²) in [6.45, 7) is 0. The molecule has 2 rings (SSSR count). The van der Waals surface area contributed by atoms with E-state index < -0.39 is 15.8 Å². The van der Waals surface area contributed by atoms with Crippen LogP contribution in [0.3, 0.4) is 0 Å². The molecule has 0 unspecified atom stereocenters. The molecular weight excluding hydrogens is 427 g/mol. The van der Waals surface area contributed by atoms with Crippen LogP contribution in [0.15, 0.2) is 39.7 Å². The summed E-state index contributed by atoms with van der Waals surface area (Å²) < 4.78 is 40.2. The molecule has 0 spiro atoms. The Kier molecular flexibility index (Phi) is 5.05. The van der Waals surface area contributed by atoms with Gasteiger partial charge >= 0.3 is 0 Å². The first-order valence-electron chi connectivity index (χ1n) is 5.32. The zero-order valence-corrected chi connectivity index (χ0v) is 14.7. The third-order valence-corrected chi connectivity index (χ3v) is 5.08. The number of benzene rings is 2. The van der Waals surface area contributed by atoms with Gasteiger partial charge in [-0.1, -0.05) is 34.8 Å². The van der Waals surface area contributed by atoms with E-state index in [0.29, 0.717) is 0 Å². The molecule has 0 aliphatic heterocycles. The van der Waals surface area contributed by atoms with Gasteiger partial charge in [-0.25, -0.2) is 12.8 Å². The molecule has 2 aromatic carbocycles. The van der Waals surface area contributed by atoms with Gasteiger partial charge < -0.3 is 0 Å². The van der Waals surface area contributed by atoms with Gasteiger partial charge in [0.05, 0.1) is 15.6 Å². The third kappa shape index (κ3) is 4.02. The van der Waals surface area contributed by atoms with Gasteiger partial charge in [-0.2, -0.15) is 0 Å². The Balaban J connectivity index is 2.47. The van der Waals surface area contributed by atoms with Gasteiger partial charge in [0, 0.05) is 14.5 Å². The predicted octanol–water partition coefficient (Wildman–Crippen LogP) is 5.35. The second-order valence-corrected chi connectivity index (χ2v) is 7.77. The van der Waals surface area contributed by atoms with E-state index in [1.807, 2.05) is 0 Å². The molecule has 0 fully saturated rings. The zero-order valence-electron chi connectivity index (χ0n) is 10.0. The Morgan fingerprint density at radius 1 is 1.00 bits per heavy atom. The van der Waals surface area contributed by atoms with Crippen LogP contribution in [-0.4, -0.2) is 8.42 Å². The summed E-state index contributed by atoms with van der Waals surface area (Å²) in [5.74, 6) is -0.597. The summed E-state index contributed by atoms with van der Waals surface area (Å²) in [7, 11) is -3.97. The minimum absolute atomic E-state index is 0.0224. The van der Waals surface area contributed by atoms with E-state index in [-0.39, 0.29) is 30.1 Å². The topological polar surface area (TPSA) is 46.2 Å². The highest BCUT2D eigenvalue weighted by Crippen LogP contribution is 2.34. The number of halogens is 5. The van der Waals surface area contributed by atoms with E-state index in [1.165, 1.54) is 18.2 Å². The van der Waals surface area contributed by atoms with E-state index >= 15 is 0 Å². The zero-order chi connectivity index (χ0) is 15.8. The molecule has 0 radical (unpaired) electrons. The summed E-state index contributed by atoms with van der Waals surface area (Å²) in [6, 6.07) is 5.97. The Morgan fingerprint density at radius 2 is 1.57 bits per heavy atom. The molecule has 0 aliphatic carbocycles. The van der Waals surface area contributed by atoms with Crippen LogP contribution in [0.4, 0.5) is 10.1 Å². The fourth-order valence-corrected chi connectivity index (χ4v) is 4.43. The minimum Gasteiger partial charge on any atom is -0.277 e. The second kappa shape index (κ2) is 6.30. The fourth-order valence-electron chi connectivity index (χ4n) is 1.52. The van der Waals surface area contributed by atoms with E-state index in [4.69, 9.17) is 34.8 Å². The van der Waals surface area contributed by atoms with Crippen molar-refractivity contribution in [2.24, 2.45) is 0 Å². The van der Waals surface area contributed by atoms with Crippen molar-refractivity contribution in [3.63, 3.8) is 0 Å². The Labute approximate surface area is 144 Å². The summed E-state index contributed by atoms with van der Waals surface area (Å²) in [4.78, 5) is -0.132. The molecule has 0 aromatic heterocycles.